The van der Waals surface area contributed by atoms with Gasteiger partial charge in [-0.2, -0.15) is 0 Å². The molecule has 292 valence electrons. The number of nitrogens with zero attached hydrogens (tertiary/aromatic N) is 2. The summed E-state index contributed by atoms with van der Waals surface area (Å²) >= 11 is 0. The largest absolute Gasteiger partial charge is 0.497 e. The molecular formula is C40H47N5O9S. The first-order chi connectivity index (χ1) is 26.3. The van der Waals surface area contributed by atoms with Gasteiger partial charge in [0.25, 0.3) is 5.91 Å². The van der Waals surface area contributed by atoms with Crippen molar-refractivity contribution in [2.75, 3.05) is 13.7 Å². The molecule has 1 aromatic heterocycles. The van der Waals surface area contributed by atoms with Crippen molar-refractivity contribution in [1.29, 1.82) is 0 Å². The van der Waals surface area contributed by atoms with Gasteiger partial charge in [-0.1, -0.05) is 56.3 Å². The van der Waals surface area contributed by atoms with Gasteiger partial charge in [-0.3, -0.25) is 19.1 Å². The third-order valence-corrected chi connectivity index (χ3v) is 13.1. The molecule has 7 atom stereocenters. The molecule has 15 heteroatoms. The molecule has 3 fully saturated rings. The fraction of sp³-hybridized carbons (Fsp3) is 0.475. The topological polar surface area (TPSA) is 193 Å². The number of nitrogens with one attached hydrogen (secondary N) is 3. The SMILES string of the molecule is COc1ccc2c(O[C@@H]3C[C@H]4C(=O)NC5(C(=O)NS(=O)(=O)C6CC6)CC5/C=C\CC[C@@H](C)C[C@@H](C)[C@H](NC(=O)O)C(=O)N4C3)nc(-c3ccccc3)cc2c1. The van der Waals surface area contributed by atoms with E-state index >= 15 is 0 Å². The lowest BCUT2D eigenvalue weighted by Gasteiger charge is -2.32. The number of hydrogen-bond donors (Lipinski definition) is 4. The normalized spacial score (nSPS) is 29.1. The summed E-state index contributed by atoms with van der Waals surface area (Å²) in [6.07, 6.45) is 4.66. The van der Waals surface area contributed by atoms with Crippen LogP contribution in [0.3, 0.4) is 0 Å². The molecule has 2 aliphatic carbocycles. The van der Waals surface area contributed by atoms with E-state index in [1.807, 2.05) is 74.5 Å². The van der Waals surface area contributed by atoms with E-state index in [0.29, 0.717) is 42.5 Å². The number of hydrogen-bond acceptors (Lipinski definition) is 9. The van der Waals surface area contributed by atoms with Crippen LogP contribution >= 0.6 is 0 Å². The summed E-state index contributed by atoms with van der Waals surface area (Å²) in [5.41, 5.74) is -0.0626. The number of aromatic nitrogens is 1. The number of carbonyl (C=O) groups excluding carboxylic acids is 3. The minimum atomic E-state index is -3.92. The molecule has 2 saturated carbocycles. The molecule has 1 saturated heterocycles. The van der Waals surface area contributed by atoms with Gasteiger partial charge in [0.2, 0.25) is 27.7 Å². The standard InChI is InChI=1S/C40H47N5O9S/c1-23-9-7-8-12-27-21-40(27,38(48)44-55(51,52)30-14-15-30)43-35(46)33-20-29(22-45(33)37(47)34(24(2)17-23)42-39(49)50)54-36-31-16-13-28(53-3)18-26(31)19-32(41-36)25-10-5-4-6-11-25/h4-6,8,10-13,16,18-19,23-24,27,29-30,33-34,42H,7,9,14-15,17,20-22H2,1-3H3,(H,43,46)(H,44,48)(H,49,50)/b12-8-/t23-,24-,27?,29-,33+,34+,40?/m1/s1. The van der Waals surface area contributed by atoms with Crippen LogP contribution in [0.5, 0.6) is 11.6 Å². The number of pyridine rings is 1. The summed E-state index contributed by atoms with van der Waals surface area (Å²) in [5.74, 6) is -1.93. The molecule has 3 aromatic rings. The molecule has 2 aliphatic heterocycles. The molecule has 4 N–H and O–H groups in total. The van der Waals surface area contributed by atoms with Crippen molar-refractivity contribution in [2.24, 2.45) is 17.8 Å². The van der Waals surface area contributed by atoms with Crippen molar-refractivity contribution in [2.45, 2.75) is 87.8 Å². The van der Waals surface area contributed by atoms with E-state index < -0.39 is 74.7 Å². The quantitative estimate of drug-likeness (QED) is 0.239. The van der Waals surface area contributed by atoms with Crippen LogP contribution in [0.4, 0.5) is 4.79 Å². The van der Waals surface area contributed by atoms with Gasteiger partial charge in [0.05, 0.1) is 24.6 Å². The Labute approximate surface area is 320 Å². The van der Waals surface area contributed by atoms with Crippen LogP contribution < -0.4 is 24.8 Å². The molecule has 14 nitrogen and oxygen atoms in total. The van der Waals surface area contributed by atoms with Crippen LogP contribution in [-0.2, 0) is 24.4 Å². The van der Waals surface area contributed by atoms with Crippen molar-refractivity contribution in [3.63, 3.8) is 0 Å². The number of sulfonamides is 1. The maximum atomic E-state index is 14.5. The molecule has 55 heavy (non-hydrogen) atoms. The Hall–Kier alpha value is -5.18. The number of carboxylic acid groups (broad SMARTS) is 1. The van der Waals surface area contributed by atoms with Crippen LogP contribution in [0.1, 0.15) is 58.8 Å². The van der Waals surface area contributed by atoms with E-state index in [0.717, 1.165) is 17.4 Å². The van der Waals surface area contributed by atoms with E-state index in [4.69, 9.17) is 14.5 Å². The highest BCUT2D eigenvalue weighted by Crippen LogP contribution is 2.46. The zero-order valence-corrected chi connectivity index (χ0v) is 31.9. The Morgan fingerprint density at radius 3 is 2.51 bits per heavy atom. The maximum Gasteiger partial charge on any atom is 0.405 e. The number of fused-ring (bicyclic) bond motifs is 3. The van der Waals surface area contributed by atoms with Crippen LogP contribution in [0.2, 0.25) is 0 Å². The molecular weight excluding hydrogens is 727 g/mol. The third-order valence-electron chi connectivity index (χ3n) is 11.2. The van der Waals surface area contributed by atoms with Gasteiger partial charge in [-0.15, -0.1) is 0 Å². The smallest absolute Gasteiger partial charge is 0.405 e. The highest BCUT2D eigenvalue weighted by molar-refractivity contribution is 7.91. The lowest BCUT2D eigenvalue weighted by molar-refractivity contribution is -0.142. The van der Waals surface area contributed by atoms with E-state index in [1.165, 1.54) is 4.90 Å². The van der Waals surface area contributed by atoms with E-state index in [-0.39, 0.29) is 31.2 Å². The molecule has 0 spiro atoms. The first-order valence-electron chi connectivity index (χ1n) is 18.8. The van der Waals surface area contributed by atoms with Crippen LogP contribution in [0.15, 0.2) is 66.7 Å². The lowest BCUT2D eigenvalue weighted by Crippen LogP contribution is -2.59. The maximum absolute atomic E-state index is 14.5. The van der Waals surface area contributed by atoms with Gasteiger partial charge >= 0.3 is 6.09 Å². The minimum Gasteiger partial charge on any atom is -0.497 e. The zero-order valence-electron chi connectivity index (χ0n) is 31.1. The van der Waals surface area contributed by atoms with Crippen molar-refractivity contribution < 1.29 is 42.2 Å². The number of rotatable bonds is 8. The van der Waals surface area contributed by atoms with E-state index in [1.54, 1.807) is 13.2 Å². The first-order valence-corrected chi connectivity index (χ1v) is 20.4. The molecule has 4 amide bonds. The molecule has 2 aromatic carbocycles. The van der Waals surface area contributed by atoms with Gasteiger partial charge in [0, 0.05) is 23.3 Å². The van der Waals surface area contributed by atoms with Gasteiger partial charge in [0.1, 0.15) is 29.5 Å². The zero-order chi connectivity index (χ0) is 39.1. The predicted molar refractivity (Wildman–Crippen MR) is 204 cm³/mol. The molecule has 7 rings (SSSR count). The number of benzene rings is 2. The van der Waals surface area contributed by atoms with Crippen molar-refractivity contribution in [3.8, 4) is 22.9 Å². The highest BCUT2D eigenvalue weighted by Gasteiger charge is 2.62. The second kappa shape index (κ2) is 15.2. The summed E-state index contributed by atoms with van der Waals surface area (Å²) in [6, 6.07) is 14.6. The number of amides is 4. The average molecular weight is 774 g/mol. The minimum absolute atomic E-state index is 0.00435. The fourth-order valence-electron chi connectivity index (χ4n) is 7.97. The fourth-order valence-corrected chi connectivity index (χ4v) is 9.33. The Bertz CT molecular complexity index is 2130. The first kappa shape index (κ1) is 38.1. The second-order valence-corrected chi connectivity index (χ2v) is 17.4. The van der Waals surface area contributed by atoms with Crippen molar-refractivity contribution in [3.05, 3.63) is 66.7 Å². The second-order valence-electron chi connectivity index (χ2n) is 15.4. The molecule has 3 heterocycles. The highest BCUT2D eigenvalue weighted by atomic mass is 32.2. The number of carbonyl (C=O) groups is 4. The third kappa shape index (κ3) is 8.12. The van der Waals surface area contributed by atoms with Crippen LogP contribution in [0.25, 0.3) is 22.0 Å². The van der Waals surface area contributed by atoms with Gasteiger partial charge in [-0.05, 0) is 80.0 Å². The molecule has 4 aliphatic rings. The van der Waals surface area contributed by atoms with Gasteiger partial charge in [0.15, 0.2) is 0 Å². The summed E-state index contributed by atoms with van der Waals surface area (Å²) in [5, 5.41) is 15.9. The Kier molecular flexibility index (Phi) is 10.5. The Morgan fingerprint density at radius 1 is 1.04 bits per heavy atom. The van der Waals surface area contributed by atoms with E-state index in [9.17, 15) is 32.7 Å². The summed E-state index contributed by atoms with van der Waals surface area (Å²) in [7, 11) is -2.34. The number of ether oxygens (including phenoxy) is 2. The van der Waals surface area contributed by atoms with Gasteiger partial charge < -0.3 is 30.1 Å². The number of allylic oxidation sites excluding steroid dienone is 1. The van der Waals surface area contributed by atoms with E-state index in [2.05, 4.69) is 15.4 Å². The Balaban J connectivity index is 1.25. The summed E-state index contributed by atoms with van der Waals surface area (Å²) < 4.78 is 40.0. The molecule has 0 bridgehead atoms. The lowest BCUT2D eigenvalue weighted by atomic mass is 9.88. The van der Waals surface area contributed by atoms with Crippen molar-refractivity contribution in [1.82, 2.24) is 25.2 Å². The molecule has 0 radical (unpaired) electrons. The van der Waals surface area contributed by atoms with Crippen LogP contribution in [0, 0.1) is 17.8 Å². The summed E-state index contributed by atoms with van der Waals surface area (Å²) in [4.78, 5) is 61.0. The number of methoxy groups -OCH3 is 1. The molecule has 2 unspecified atom stereocenters. The van der Waals surface area contributed by atoms with Crippen molar-refractivity contribution >= 4 is 44.6 Å². The predicted octanol–water partition coefficient (Wildman–Crippen LogP) is 4.39. The monoisotopic (exact) mass is 773 g/mol. The summed E-state index contributed by atoms with van der Waals surface area (Å²) in [6.45, 7) is 3.77. The van der Waals surface area contributed by atoms with Crippen LogP contribution in [-0.4, -0.2) is 89.9 Å². The average Bonchev–Trinajstić information content (AvgIpc) is 4.08. The Morgan fingerprint density at radius 2 is 1.80 bits per heavy atom. The van der Waals surface area contributed by atoms with Gasteiger partial charge in [-0.25, -0.2) is 18.2 Å².